The van der Waals surface area contributed by atoms with E-state index in [1.165, 1.54) is 55.1 Å². The van der Waals surface area contributed by atoms with Gasteiger partial charge in [0, 0.05) is 35.4 Å². The molecule has 0 aliphatic rings. The van der Waals surface area contributed by atoms with E-state index in [1.54, 1.807) is 0 Å². The number of benzene rings is 5. The summed E-state index contributed by atoms with van der Waals surface area (Å²) in [7, 11) is 2.11. The lowest BCUT2D eigenvalue weighted by Gasteiger charge is -2.13. The Morgan fingerprint density at radius 3 is 2.00 bits per heavy atom. The van der Waals surface area contributed by atoms with Crippen LogP contribution in [-0.2, 0) is 13.6 Å². The molecule has 3 aromatic heterocycles. The maximum Gasteiger partial charge on any atom is 0.215 e. The Morgan fingerprint density at radius 1 is 0.605 bits per heavy atom. The SMILES string of the molecule is Cc1ccc(-c2ccc3c(c2)n(C)c2nc4ccccc4n32)cc1Cn1c2ccccc2c2ccccc21. The summed E-state index contributed by atoms with van der Waals surface area (Å²) < 4.78 is 6.92. The lowest BCUT2D eigenvalue weighted by atomic mass is 9.99. The Hall–Kier alpha value is -4.83. The van der Waals surface area contributed by atoms with Crippen molar-refractivity contribution in [3.05, 3.63) is 120 Å². The summed E-state index contributed by atoms with van der Waals surface area (Å²) in [6.07, 6.45) is 0. The van der Waals surface area contributed by atoms with E-state index >= 15 is 0 Å². The minimum absolute atomic E-state index is 0.833. The number of hydrogen-bond acceptors (Lipinski definition) is 1. The van der Waals surface area contributed by atoms with Crippen LogP contribution in [0.4, 0.5) is 0 Å². The van der Waals surface area contributed by atoms with Gasteiger partial charge in [0.15, 0.2) is 0 Å². The minimum atomic E-state index is 0.833. The average molecular weight is 491 g/mol. The van der Waals surface area contributed by atoms with E-state index < -0.39 is 0 Å². The molecule has 0 unspecified atom stereocenters. The second kappa shape index (κ2) is 7.83. The first kappa shape index (κ1) is 21.3. The van der Waals surface area contributed by atoms with Crippen LogP contribution in [0.5, 0.6) is 0 Å². The van der Waals surface area contributed by atoms with E-state index in [0.717, 1.165) is 23.4 Å². The van der Waals surface area contributed by atoms with Crippen LogP contribution in [0.25, 0.3) is 60.8 Å². The van der Waals surface area contributed by atoms with Gasteiger partial charge >= 0.3 is 0 Å². The van der Waals surface area contributed by atoms with E-state index in [-0.39, 0.29) is 0 Å². The first-order chi connectivity index (χ1) is 18.7. The standard InChI is InChI=1S/C34H26N4/c1-22-15-16-23(19-25(22)21-37-29-12-6-3-9-26(29)27-10-4-7-13-30(27)37)24-17-18-32-33(20-24)36(2)34-35-28-11-5-8-14-31(28)38(32)34/h3-20H,21H2,1-2H3. The van der Waals surface area contributed by atoms with E-state index in [2.05, 4.69) is 131 Å². The van der Waals surface area contributed by atoms with Gasteiger partial charge in [-0.3, -0.25) is 4.40 Å². The molecule has 0 spiro atoms. The van der Waals surface area contributed by atoms with Crippen molar-refractivity contribution >= 4 is 49.7 Å². The van der Waals surface area contributed by atoms with Crippen molar-refractivity contribution in [2.24, 2.45) is 7.05 Å². The summed E-state index contributed by atoms with van der Waals surface area (Å²) in [5, 5.41) is 2.62. The fourth-order valence-electron chi connectivity index (χ4n) is 6.11. The first-order valence-corrected chi connectivity index (χ1v) is 13.1. The molecule has 8 aromatic rings. The van der Waals surface area contributed by atoms with Gasteiger partial charge in [-0.25, -0.2) is 4.98 Å². The van der Waals surface area contributed by atoms with E-state index in [0.29, 0.717) is 0 Å². The fourth-order valence-corrected chi connectivity index (χ4v) is 6.11. The van der Waals surface area contributed by atoms with Crippen molar-refractivity contribution in [3.8, 4) is 11.1 Å². The number of fused-ring (bicyclic) bond motifs is 8. The van der Waals surface area contributed by atoms with Crippen molar-refractivity contribution in [1.82, 2.24) is 18.5 Å². The zero-order valence-electron chi connectivity index (χ0n) is 21.4. The summed E-state index contributed by atoms with van der Waals surface area (Å²) in [6, 6.07) is 39.4. The third-order valence-corrected chi connectivity index (χ3v) is 8.11. The quantitative estimate of drug-likeness (QED) is 0.246. The normalized spacial score (nSPS) is 12.1. The lowest BCUT2D eigenvalue weighted by molar-refractivity contribution is 0.862. The zero-order valence-corrected chi connectivity index (χ0v) is 21.4. The molecule has 8 rings (SSSR count). The molecule has 0 aliphatic heterocycles. The molecule has 38 heavy (non-hydrogen) atoms. The molecule has 3 heterocycles. The molecule has 0 aliphatic carbocycles. The zero-order chi connectivity index (χ0) is 25.4. The Labute approximate surface area is 220 Å². The molecule has 0 atom stereocenters. The number of hydrogen-bond donors (Lipinski definition) is 0. The van der Waals surface area contributed by atoms with Crippen molar-refractivity contribution < 1.29 is 0 Å². The number of imidazole rings is 2. The highest BCUT2D eigenvalue weighted by Crippen LogP contribution is 2.33. The summed E-state index contributed by atoms with van der Waals surface area (Å²) in [5.74, 6) is 0.967. The summed E-state index contributed by atoms with van der Waals surface area (Å²) >= 11 is 0. The van der Waals surface area contributed by atoms with E-state index in [9.17, 15) is 0 Å². The summed E-state index contributed by atoms with van der Waals surface area (Å²) in [4.78, 5) is 4.89. The van der Waals surface area contributed by atoms with Crippen molar-refractivity contribution in [2.45, 2.75) is 13.5 Å². The number of aryl methyl sites for hydroxylation is 2. The van der Waals surface area contributed by atoms with Gasteiger partial charge < -0.3 is 9.13 Å². The maximum absolute atomic E-state index is 4.89. The fraction of sp³-hybridized carbons (Fsp3) is 0.0882. The van der Waals surface area contributed by atoms with Gasteiger partial charge in [-0.1, -0.05) is 66.7 Å². The average Bonchev–Trinajstić information content (AvgIpc) is 3.58. The molecule has 4 nitrogen and oxygen atoms in total. The molecular formula is C34H26N4. The number of nitrogens with zero attached hydrogens (tertiary/aromatic N) is 4. The van der Waals surface area contributed by atoms with Gasteiger partial charge in [0.1, 0.15) is 0 Å². The topological polar surface area (TPSA) is 27.2 Å². The third kappa shape index (κ3) is 2.94. The van der Waals surface area contributed by atoms with Gasteiger partial charge in [-0.15, -0.1) is 0 Å². The molecule has 0 amide bonds. The summed E-state index contributed by atoms with van der Waals surface area (Å²) in [5.41, 5.74) is 12.2. The third-order valence-electron chi connectivity index (χ3n) is 8.11. The van der Waals surface area contributed by atoms with Crippen molar-refractivity contribution in [2.75, 3.05) is 0 Å². The van der Waals surface area contributed by atoms with Gasteiger partial charge in [0.25, 0.3) is 0 Å². The molecule has 5 aromatic carbocycles. The van der Waals surface area contributed by atoms with Crippen LogP contribution < -0.4 is 0 Å². The van der Waals surface area contributed by atoms with Crippen molar-refractivity contribution in [1.29, 1.82) is 0 Å². The second-order valence-corrected chi connectivity index (χ2v) is 10.3. The Morgan fingerprint density at radius 2 is 1.24 bits per heavy atom. The van der Waals surface area contributed by atoms with Crippen molar-refractivity contribution in [3.63, 3.8) is 0 Å². The highest BCUT2D eigenvalue weighted by molar-refractivity contribution is 6.08. The smallest absolute Gasteiger partial charge is 0.215 e. The first-order valence-electron chi connectivity index (χ1n) is 13.1. The molecule has 0 saturated heterocycles. The summed E-state index contributed by atoms with van der Waals surface area (Å²) in [6.45, 7) is 3.05. The molecular weight excluding hydrogens is 464 g/mol. The van der Waals surface area contributed by atoms with Crippen LogP contribution in [0.15, 0.2) is 109 Å². The Balaban J connectivity index is 1.26. The Kier molecular flexibility index (Phi) is 4.38. The second-order valence-electron chi connectivity index (χ2n) is 10.3. The van der Waals surface area contributed by atoms with Crippen LogP contribution in [0.1, 0.15) is 11.1 Å². The predicted molar refractivity (Wildman–Crippen MR) is 158 cm³/mol. The lowest BCUT2D eigenvalue weighted by Crippen LogP contribution is -2.01. The Bertz CT molecular complexity index is 2130. The number of rotatable bonds is 3. The van der Waals surface area contributed by atoms with Gasteiger partial charge in [0.05, 0.1) is 22.1 Å². The highest BCUT2D eigenvalue weighted by Gasteiger charge is 2.15. The minimum Gasteiger partial charge on any atom is -0.336 e. The monoisotopic (exact) mass is 490 g/mol. The van der Waals surface area contributed by atoms with E-state index in [1.807, 2.05) is 6.07 Å². The largest absolute Gasteiger partial charge is 0.336 e. The van der Waals surface area contributed by atoms with Gasteiger partial charge in [0.2, 0.25) is 5.78 Å². The van der Waals surface area contributed by atoms with Crippen LogP contribution in [0.2, 0.25) is 0 Å². The maximum atomic E-state index is 4.89. The van der Waals surface area contributed by atoms with Gasteiger partial charge in [-0.2, -0.15) is 0 Å². The molecule has 182 valence electrons. The number of para-hydroxylation sites is 4. The molecule has 0 fully saturated rings. The van der Waals surface area contributed by atoms with Crippen LogP contribution in [0, 0.1) is 6.92 Å². The van der Waals surface area contributed by atoms with Gasteiger partial charge in [-0.05, 0) is 71.6 Å². The van der Waals surface area contributed by atoms with Crippen LogP contribution in [0.3, 0.4) is 0 Å². The molecule has 0 saturated carbocycles. The molecule has 0 radical (unpaired) electrons. The van der Waals surface area contributed by atoms with E-state index in [4.69, 9.17) is 4.98 Å². The van der Waals surface area contributed by atoms with Crippen LogP contribution in [-0.4, -0.2) is 18.5 Å². The predicted octanol–water partition coefficient (Wildman–Crippen LogP) is 8.11. The molecule has 4 heteroatoms. The van der Waals surface area contributed by atoms with Crippen LogP contribution >= 0.6 is 0 Å². The molecule has 0 bridgehead atoms. The highest BCUT2D eigenvalue weighted by atomic mass is 15.2. The number of aromatic nitrogens is 4. The molecule has 0 N–H and O–H groups in total.